The van der Waals surface area contributed by atoms with Crippen LogP contribution in [-0.4, -0.2) is 14.6 Å². The van der Waals surface area contributed by atoms with Gasteiger partial charge in [0, 0.05) is 18.0 Å². The van der Waals surface area contributed by atoms with Gasteiger partial charge in [-0.1, -0.05) is 25.7 Å². The van der Waals surface area contributed by atoms with E-state index >= 15 is 0 Å². The van der Waals surface area contributed by atoms with E-state index in [9.17, 15) is 0 Å². The zero-order valence-corrected chi connectivity index (χ0v) is 10.4. The molecule has 1 unspecified atom stereocenters. The van der Waals surface area contributed by atoms with Crippen LogP contribution in [0, 0.1) is 5.92 Å². The van der Waals surface area contributed by atoms with E-state index in [0.29, 0.717) is 0 Å². The molecule has 1 aliphatic carbocycles. The summed E-state index contributed by atoms with van der Waals surface area (Å²) in [7, 11) is 0. The predicted octanol–water partition coefficient (Wildman–Crippen LogP) is 1.81. The molecule has 1 fully saturated rings. The summed E-state index contributed by atoms with van der Waals surface area (Å²) in [4.78, 5) is 4.16. The maximum Gasteiger partial charge on any atom is 0.0893 e. The Kier molecular flexibility index (Phi) is 3.25. The normalized spacial score (nSPS) is 18.5. The largest absolute Gasteiger partial charge is 0.271 e. The van der Waals surface area contributed by atoms with E-state index in [-0.39, 0.29) is 6.04 Å². The van der Waals surface area contributed by atoms with Gasteiger partial charge < -0.3 is 0 Å². The Balaban J connectivity index is 1.86. The van der Waals surface area contributed by atoms with Gasteiger partial charge in [-0.2, -0.15) is 5.10 Å². The molecule has 3 N–H and O–H groups in total. The van der Waals surface area contributed by atoms with Crippen molar-refractivity contribution >= 4 is 5.52 Å². The predicted molar refractivity (Wildman–Crippen MR) is 69.6 cm³/mol. The first kappa shape index (κ1) is 11.6. The van der Waals surface area contributed by atoms with Gasteiger partial charge in [0.15, 0.2) is 0 Å². The number of hydrazine groups is 1. The molecule has 5 heteroatoms. The van der Waals surface area contributed by atoms with E-state index < -0.39 is 0 Å². The van der Waals surface area contributed by atoms with Crippen LogP contribution in [0.2, 0.25) is 0 Å². The monoisotopic (exact) mass is 245 g/mol. The summed E-state index contributed by atoms with van der Waals surface area (Å²) in [5, 5.41) is 4.34. The highest BCUT2D eigenvalue weighted by atomic mass is 15.3. The Hall–Kier alpha value is -1.46. The first-order valence-electron chi connectivity index (χ1n) is 6.62. The Bertz CT molecular complexity index is 515. The van der Waals surface area contributed by atoms with Crippen molar-refractivity contribution in [3.63, 3.8) is 0 Å². The molecule has 2 aromatic heterocycles. The lowest BCUT2D eigenvalue weighted by Crippen LogP contribution is -2.29. The molecular weight excluding hydrogens is 226 g/mol. The Morgan fingerprint density at radius 3 is 3.00 bits per heavy atom. The third kappa shape index (κ3) is 2.11. The van der Waals surface area contributed by atoms with Crippen molar-refractivity contribution in [2.24, 2.45) is 11.8 Å². The van der Waals surface area contributed by atoms with Crippen LogP contribution in [0.1, 0.15) is 43.7 Å². The van der Waals surface area contributed by atoms with Crippen molar-refractivity contribution in [3.05, 3.63) is 30.4 Å². The van der Waals surface area contributed by atoms with Crippen LogP contribution in [0.15, 0.2) is 24.8 Å². The summed E-state index contributed by atoms with van der Waals surface area (Å²) < 4.78 is 1.85. The van der Waals surface area contributed by atoms with Gasteiger partial charge in [0.1, 0.15) is 0 Å². The first-order chi connectivity index (χ1) is 8.88. The van der Waals surface area contributed by atoms with Crippen molar-refractivity contribution < 1.29 is 0 Å². The summed E-state index contributed by atoms with van der Waals surface area (Å²) in [5.74, 6) is 6.52. The molecule has 1 saturated carbocycles. The molecule has 3 rings (SSSR count). The number of aromatic nitrogens is 3. The highest BCUT2D eigenvalue weighted by Gasteiger charge is 2.22. The third-order valence-electron chi connectivity index (χ3n) is 3.97. The second kappa shape index (κ2) is 5.04. The van der Waals surface area contributed by atoms with E-state index in [2.05, 4.69) is 15.5 Å². The highest BCUT2D eigenvalue weighted by molar-refractivity contribution is 5.53. The van der Waals surface area contributed by atoms with Crippen molar-refractivity contribution in [1.82, 2.24) is 20.0 Å². The van der Waals surface area contributed by atoms with E-state index in [1.807, 2.05) is 23.1 Å². The van der Waals surface area contributed by atoms with Crippen LogP contribution >= 0.6 is 0 Å². The van der Waals surface area contributed by atoms with Gasteiger partial charge in [0.25, 0.3) is 0 Å². The van der Waals surface area contributed by atoms with Crippen LogP contribution in [0.4, 0.5) is 0 Å². The number of hydrogen-bond acceptors (Lipinski definition) is 4. The molecule has 1 atom stereocenters. The van der Waals surface area contributed by atoms with Crippen LogP contribution < -0.4 is 11.3 Å². The molecule has 0 bridgehead atoms. The fraction of sp³-hybridized carbons (Fsp3) is 0.538. The molecule has 0 spiro atoms. The molecule has 2 heterocycles. The van der Waals surface area contributed by atoms with Gasteiger partial charge >= 0.3 is 0 Å². The summed E-state index contributed by atoms with van der Waals surface area (Å²) in [6, 6.07) is 0.176. The lowest BCUT2D eigenvalue weighted by molar-refractivity contribution is 0.401. The molecule has 0 aliphatic heterocycles. The standard InChI is InChI=1S/C13H19N5/c14-17-12(7-10-3-1-2-4-10)11-8-16-18-6-5-15-9-13(11)18/h5-6,8-10,12,17H,1-4,7,14H2. The van der Waals surface area contributed by atoms with Gasteiger partial charge in [-0.05, 0) is 12.3 Å². The number of hydrogen-bond donors (Lipinski definition) is 2. The van der Waals surface area contributed by atoms with Crippen molar-refractivity contribution in [2.75, 3.05) is 0 Å². The molecule has 5 nitrogen and oxygen atoms in total. The Labute approximate surface area is 106 Å². The van der Waals surface area contributed by atoms with E-state index in [0.717, 1.165) is 23.4 Å². The minimum Gasteiger partial charge on any atom is -0.271 e. The van der Waals surface area contributed by atoms with Crippen molar-refractivity contribution in [3.8, 4) is 0 Å². The molecule has 96 valence electrons. The fourth-order valence-electron chi connectivity index (χ4n) is 2.99. The molecule has 2 aromatic rings. The van der Waals surface area contributed by atoms with Crippen LogP contribution in [0.25, 0.3) is 5.52 Å². The summed E-state index contributed by atoms with van der Waals surface area (Å²) in [6.45, 7) is 0. The second-order valence-electron chi connectivity index (χ2n) is 5.11. The summed E-state index contributed by atoms with van der Waals surface area (Å²) in [5.41, 5.74) is 5.13. The van der Waals surface area contributed by atoms with Crippen LogP contribution in [-0.2, 0) is 0 Å². The number of rotatable bonds is 4. The van der Waals surface area contributed by atoms with Gasteiger partial charge in [0.2, 0.25) is 0 Å². The maximum atomic E-state index is 5.73. The Morgan fingerprint density at radius 2 is 2.22 bits per heavy atom. The molecule has 0 amide bonds. The summed E-state index contributed by atoms with van der Waals surface area (Å²) >= 11 is 0. The first-order valence-corrected chi connectivity index (χ1v) is 6.62. The quantitative estimate of drug-likeness (QED) is 0.637. The smallest absolute Gasteiger partial charge is 0.0893 e. The second-order valence-corrected chi connectivity index (χ2v) is 5.11. The Morgan fingerprint density at radius 1 is 1.39 bits per heavy atom. The molecule has 0 radical (unpaired) electrons. The summed E-state index contributed by atoms with van der Waals surface area (Å²) in [6.07, 6.45) is 13.8. The zero-order chi connectivity index (χ0) is 12.4. The van der Waals surface area contributed by atoms with E-state index in [1.165, 1.54) is 25.7 Å². The third-order valence-corrected chi connectivity index (χ3v) is 3.97. The van der Waals surface area contributed by atoms with Gasteiger partial charge in [-0.3, -0.25) is 16.3 Å². The maximum absolute atomic E-state index is 5.73. The lowest BCUT2D eigenvalue weighted by atomic mass is 9.95. The van der Waals surface area contributed by atoms with Crippen molar-refractivity contribution in [1.29, 1.82) is 0 Å². The van der Waals surface area contributed by atoms with E-state index in [1.54, 1.807) is 6.20 Å². The minimum absolute atomic E-state index is 0.176. The van der Waals surface area contributed by atoms with Gasteiger partial charge in [0.05, 0.1) is 24.0 Å². The average Bonchev–Trinajstić information content (AvgIpc) is 3.05. The minimum atomic E-state index is 0.176. The van der Waals surface area contributed by atoms with Crippen LogP contribution in [0.5, 0.6) is 0 Å². The molecular formula is C13H19N5. The number of fused-ring (bicyclic) bond motifs is 1. The van der Waals surface area contributed by atoms with Crippen molar-refractivity contribution in [2.45, 2.75) is 38.1 Å². The zero-order valence-electron chi connectivity index (χ0n) is 10.4. The SMILES string of the molecule is NNC(CC1CCCC1)c1cnn2ccncc12. The number of nitrogens with one attached hydrogen (secondary N) is 1. The topological polar surface area (TPSA) is 68.2 Å². The molecule has 0 aromatic carbocycles. The highest BCUT2D eigenvalue weighted by Crippen LogP contribution is 2.33. The average molecular weight is 245 g/mol. The number of nitrogens with two attached hydrogens (primary N) is 1. The lowest BCUT2D eigenvalue weighted by Gasteiger charge is -2.18. The molecule has 18 heavy (non-hydrogen) atoms. The van der Waals surface area contributed by atoms with Gasteiger partial charge in [-0.25, -0.2) is 4.52 Å². The number of nitrogens with zero attached hydrogens (tertiary/aromatic N) is 3. The van der Waals surface area contributed by atoms with Gasteiger partial charge in [-0.15, -0.1) is 0 Å². The fourth-order valence-corrected chi connectivity index (χ4v) is 2.99. The van der Waals surface area contributed by atoms with Crippen LogP contribution in [0.3, 0.4) is 0 Å². The van der Waals surface area contributed by atoms with E-state index in [4.69, 9.17) is 5.84 Å². The molecule has 1 aliphatic rings. The molecule has 0 saturated heterocycles.